The van der Waals surface area contributed by atoms with Crippen LogP contribution in [0.1, 0.15) is 12.5 Å². The Morgan fingerprint density at radius 3 is 2.53 bits per heavy atom. The number of benzene rings is 1. The molecule has 5 nitrogen and oxygen atoms in total. The van der Waals surface area contributed by atoms with Gasteiger partial charge in [0.2, 0.25) is 0 Å². The van der Waals surface area contributed by atoms with Crippen LogP contribution in [0.3, 0.4) is 0 Å². The van der Waals surface area contributed by atoms with Gasteiger partial charge in [-0.05, 0) is 24.6 Å². The zero-order chi connectivity index (χ0) is 14.0. The fourth-order valence-corrected chi connectivity index (χ4v) is 3.14. The summed E-state index contributed by atoms with van der Waals surface area (Å²) in [6.45, 7) is 1.52. The Morgan fingerprint density at radius 2 is 2.00 bits per heavy atom. The summed E-state index contributed by atoms with van der Waals surface area (Å²) in [6, 6.07) is 5.23. The van der Waals surface area contributed by atoms with Gasteiger partial charge < -0.3 is 9.47 Å². The number of sulfone groups is 1. The first-order valence-corrected chi connectivity index (χ1v) is 7.75. The van der Waals surface area contributed by atoms with Crippen LogP contribution in [0.2, 0.25) is 0 Å². The molecule has 0 aliphatic carbocycles. The molecule has 0 bridgehead atoms. The van der Waals surface area contributed by atoms with E-state index in [4.69, 9.17) is 9.47 Å². The summed E-state index contributed by atoms with van der Waals surface area (Å²) >= 11 is 0. The van der Waals surface area contributed by atoms with E-state index in [-0.39, 0.29) is 23.4 Å². The van der Waals surface area contributed by atoms with Gasteiger partial charge in [0, 0.05) is 6.42 Å². The van der Waals surface area contributed by atoms with E-state index < -0.39 is 9.84 Å². The molecule has 0 radical (unpaired) electrons. The maximum Gasteiger partial charge on any atom is 0.161 e. The van der Waals surface area contributed by atoms with E-state index in [0.717, 1.165) is 5.56 Å². The highest BCUT2D eigenvalue weighted by Crippen LogP contribution is 2.31. The fraction of sp³-hybridized carbons (Fsp3) is 0.462. The Hall–Kier alpha value is -1.56. The highest BCUT2D eigenvalue weighted by molar-refractivity contribution is 7.92. The lowest BCUT2D eigenvalue weighted by atomic mass is 10.1. The van der Waals surface area contributed by atoms with Gasteiger partial charge in [0.25, 0.3) is 0 Å². The number of methoxy groups -OCH3 is 1. The lowest BCUT2D eigenvalue weighted by molar-refractivity contribution is -0.116. The minimum atomic E-state index is -2.90. The Kier molecular flexibility index (Phi) is 3.80. The molecule has 6 heteroatoms. The van der Waals surface area contributed by atoms with Gasteiger partial charge in [0.15, 0.2) is 21.3 Å². The average molecular weight is 284 g/mol. The molecule has 0 unspecified atom stereocenters. The van der Waals surface area contributed by atoms with Crippen LogP contribution in [0, 0.1) is 0 Å². The third-order valence-electron chi connectivity index (χ3n) is 2.85. The quantitative estimate of drug-likeness (QED) is 0.807. The number of hydrogen-bond acceptors (Lipinski definition) is 5. The van der Waals surface area contributed by atoms with Crippen molar-refractivity contribution in [1.29, 1.82) is 0 Å². The zero-order valence-corrected chi connectivity index (χ0v) is 11.7. The molecule has 1 heterocycles. The van der Waals surface area contributed by atoms with Crippen LogP contribution in [-0.4, -0.2) is 38.9 Å². The summed E-state index contributed by atoms with van der Waals surface area (Å²) in [5, 5.41) is 0. The van der Waals surface area contributed by atoms with Crippen LogP contribution in [0.15, 0.2) is 18.2 Å². The first-order chi connectivity index (χ1) is 8.89. The Bertz CT molecular complexity index is 579. The monoisotopic (exact) mass is 284 g/mol. The summed E-state index contributed by atoms with van der Waals surface area (Å²) in [5.41, 5.74) is 0.845. The van der Waals surface area contributed by atoms with Crippen molar-refractivity contribution in [2.45, 2.75) is 19.4 Å². The highest BCUT2D eigenvalue weighted by Gasteiger charge is 2.35. The van der Waals surface area contributed by atoms with E-state index in [1.54, 1.807) is 18.2 Å². The summed E-state index contributed by atoms with van der Waals surface area (Å²) in [5.74, 6) is 1.19. The van der Waals surface area contributed by atoms with Crippen LogP contribution in [-0.2, 0) is 21.1 Å². The molecular weight excluding hydrogens is 268 g/mol. The molecule has 0 atom stereocenters. The van der Waals surface area contributed by atoms with Crippen molar-refractivity contribution < 1.29 is 22.7 Å². The van der Waals surface area contributed by atoms with Crippen molar-refractivity contribution >= 4 is 15.6 Å². The Balaban J connectivity index is 2.10. The Morgan fingerprint density at radius 1 is 1.32 bits per heavy atom. The van der Waals surface area contributed by atoms with Crippen LogP contribution in [0.25, 0.3) is 0 Å². The smallest absolute Gasteiger partial charge is 0.161 e. The van der Waals surface area contributed by atoms with Crippen LogP contribution in [0.5, 0.6) is 11.5 Å². The molecule has 0 aromatic heterocycles. The van der Waals surface area contributed by atoms with Gasteiger partial charge in [-0.2, -0.15) is 0 Å². The first-order valence-electron chi connectivity index (χ1n) is 5.93. The molecule has 19 heavy (non-hydrogen) atoms. The van der Waals surface area contributed by atoms with Gasteiger partial charge >= 0.3 is 0 Å². The molecule has 1 aromatic carbocycles. The third-order valence-corrected chi connectivity index (χ3v) is 4.61. The molecule has 0 amide bonds. The molecule has 1 fully saturated rings. The predicted octanol–water partition coefficient (Wildman–Crippen LogP) is 1.00. The molecule has 1 aliphatic rings. The molecule has 1 aliphatic heterocycles. The molecule has 0 spiro atoms. The van der Waals surface area contributed by atoms with Crippen molar-refractivity contribution in [3.63, 3.8) is 0 Å². The second-order valence-corrected chi connectivity index (χ2v) is 6.83. The number of ether oxygens (including phenoxy) is 2. The summed E-state index contributed by atoms with van der Waals surface area (Å²) in [6.07, 6.45) is 0.0339. The SMILES string of the molecule is COc1cc(CC(C)=O)ccc1OC1CS(=O)(=O)C1. The maximum absolute atomic E-state index is 11.1. The van der Waals surface area contributed by atoms with Gasteiger partial charge in [0.05, 0.1) is 18.6 Å². The number of rotatable bonds is 5. The first kappa shape index (κ1) is 13.9. The molecule has 0 N–H and O–H groups in total. The second-order valence-electron chi connectivity index (χ2n) is 4.68. The molecule has 104 valence electrons. The van der Waals surface area contributed by atoms with Gasteiger partial charge in [-0.15, -0.1) is 0 Å². The second kappa shape index (κ2) is 5.21. The average Bonchev–Trinajstić information content (AvgIpc) is 2.27. The normalized spacial score (nSPS) is 17.6. The van der Waals surface area contributed by atoms with Crippen molar-refractivity contribution in [3.05, 3.63) is 23.8 Å². The van der Waals surface area contributed by atoms with Crippen molar-refractivity contribution in [2.75, 3.05) is 18.6 Å². The number of carbonyl (C=O) groups excluding carboxylic acids is 1. The minimum Gasteiger partial charge on any atom is -0.493 e. The number of Topliss-reactive ketones (excluding diaryl/α,β-unsaturated/α-hetero) is 1. The van der Waals surface area contributed by atoms with Gasteiger partial charge in [-0.3, -0.25) is 4.79 Å². The summed E-state index contributed by atoms with van der Waals surface area (Å²) < 4.78 is 32.9. The van der Waals surface area contributed by atoms with Gasteiger partial charge in [0.1, 0.15) is 11.9 Å². The topological polar surface area (TPSA) is 69.7 Å². The van der Waals surface area contributed by atoms with Crippen molar-refractivity contribution in [2.24, 2.45) is 0 Å². The van der Waals surface area contributed by atoms with Crippen LogP contribution in [0.4, 0.5) is 0 Å². The standard InChI is InChI=1S/C13H16O5S/c1-9(14)5-10-3-4-12(13(6-10)17-2)18-11-7-19(15,16)8-11/h3-4,6,11H,5,7-8H2,1-2H3. The highest BCUT2D eigenvalue weighted by atomic mass is 32.2. The molecule has 0 saturated carbocycles. The van der Waals surface area contributed by atoms with E-state index in [1.165, 1.54) is 14.0 Å². The minimum absolute atomic E-state index is 0.0470. The number of ketones is 1. The van der Waals surface area contributed by atoms with Crippen molar-refractivity contribution in [1.82, 2.24) is 0 Å². The predicted molar refractivity (Wildman–Crippen MR) is 70.4 cm³/mol. The fourth-order valence-electron chi connectivity index (χ4n) is 1.97. The maximum atomic E-state index is 11.1. The van der Waals surface area contributed by atoms with Crippen LogP contribution >= 0.6 is 0 Å². The molecule has 2 rings (SSSR count). The lowest BCUT2D eigenvalue weighted by Crippen LogP contribution is -2.45. The Labute approximate surface area is 112 Å². The van der Waals surface area contributed by atoms with Gasteiger partial charge in [-0.1, -0.05) is 6.07 Å². The third kappa shape index (κ3) is 3.47. The molecule has 1 saturated heterocycles. The van der Waals surface area contributed by atoms with Crippen LogP contribution < -0.4 is 9.47 Å². The number of carbonyl (C=O) groups is 1. The summed E-state index contributed by atoms with van der Waals surface area (Å²) in [4.78, 5) is 11.1. The molecule has 1 aromatic rings. The van der Waals surface area contributed by atoms with E-state index in [1.807, 2.05) is 0 Å². The van der Waals surface area contributed by atoms with Crippen molar-refractivity contribution in [3.8, 4) is 11.5 Å². The molecular formula is C13H16O5S. The lowest BCUT2D eigenvalue weighted by Gasteiger charge is -2.27. The van der Waals surface area contributed by atoms with E-state index in [9.17, 15) is 13.2 Å². The number of hydrogen-bond donors (Lipinski definition) is 0. The van der Waals surface area contributed by atoms with E-state index in [0.29, 0.717) is 17.9 Å². The largest absolute Gasteiger partial charge is 0.493 e. The van der Waals surface area contributed by atoms with E-state index in [2.05, 4.69) is 0 Å². The van der Waals surface area contributed by atoms with Gasteiger partial charge in [-0.25, -0.2) is 8.42 Å². The zero-order valence-electron chi connectivity index (χ0n) is 10.9. The summed E-state index contributed by atoms with van der Waals surface area (Å²) in [7, 11) is -1.39. The van der Waals surface area contributed by atoms with E-state index >= 15 is 0 Å².